The average molecular weight is 184 g/mol. The molecule has 2 heteroatoms. The van der Waals surface area contributed by atoms with E-state index in [1.54, 1.807) is 6.20 Å². The summed E-state index contributed by atoms with van der Waals surface area (Å²) in [5, 5.41) is 1.12. The van der Waals surface area contributed by atoms with Crippen molar-refractivity contribution in [2.24, 2.45) is 7.05 Å². The largest absolute Gasteiger partial charge is 0.328 e. The first-order valence-corrected chi connectivity index (χ1v) is 4.48. The molecule has 2 rings (SSSR count). The molecule has 2 aromatic rings. The summed E-state index contributed by atoms with van der Waals surface area (Å²) in [5.74, 6) is 0. The summed E-state index contributed by atoms with van der Waals surface area (Å²) in [6, 6.07) is 3.98. The van der Waals surface area contributed by atoms with Gasteiger partial charge in [-0.25, -0.2) is 4.98 Å². The first-order chi connectivity index (χ1) is 6.79. The number of fused-ring (bicyclic) bond motifs is 1. The molecular weight excluding hydrogens is 172 g/mol. The summed E-state index contributed by atoms with van der Waals surface area (Å²) in [7, 11) is 1.99. The number of pyridine rings is 1. The molecule has 0 bridgehead atoms. The van der Waals surface area contributed by atoms with Crippen LogP contribution < -0.4 is 0 Å². The molecule has 0 saturated carbocycles. The van der Waals surface area contributed by atoms with Crippen LogP contribution in [0.5, 0.6) is 0 Å². The van der Waals surface area contributed by atoms with Crippen molar-refractivity contribution in [1.82, 2.24) is 9.55 Å². The minimum absolute atomic E-state index is 0.970. The molecule has 2 heterocycles. The van der Waals surface area contributed by atoms with Crippen LogP contribution in [0.1, 0.15) is 11.3 Å². The van der Waals surface area contributed by atoms with Gasteiger partial charge in [0.25, 0.3) is 0 Å². The summed E-state index contributed by atoms with van der Waals surface area (Å²) in [4.78, 5) is 4.33. The molecule has 0 aromatic carbocycles. The van der Waals surface area contributed by atoms with Crippen LogP contribution >= 0.6 is 0 Å². The number of aryl methyl sites for hydroxylation is 1. The van der Waals surface area contributed by atoms with E-state index in [0.717, 1.165) is 22.3 Å². The van der Waals surface area contributed by atoms with Crippen molar-refractivity contribution in [3.05, 3.63) is 42.7 Å². The van der Waals surface area contributed by atoms with E-state index in [9.17, 15) is 0 Å². The normalized spacial score (nSPS) is 10.4. The van der Waals surface area contributed by atoms with Gasteiger partial charge in [-0.1, -0.05) is 19.2 Å². The first kappa shape index (κ1) is 8.75. The van der Waals surface area contributed by atoms with Gasteiger partial charge >= 0.3 is 0 Å². The van der Waals surface area contributed by atoms with Crippen molar-refractivity contribution in [3.8, 4) is 0 Å². The molecule has 70 valence electrons. The van der Waals surface area contributed by atoms with Gasteiger partial charge in [0, 0.05) is 29.9 Å². The molecule has 0 N–H and O–H groups in total. The Bertz CT molecular complexity index is 506. The van der Waals surface area contributed by atoms with Crippen LogP contribution in [-0.2, 0) is 7.05 Å². The monoisotopic (exact) mass is 184 g/mol. The molecule has 0 aliphatic carbocycles. The third-order valence-corrected chi connectivity index (χ3v) is 2.43. The van der Waals surface area contributed by atoms with Crippen LogP contribution in [0.25, 0.3) is 23.2 Å². The minimum Gasteiger partial charge on any atom is -0.328 e. The lowest BCUT2D eigenvalue weighted by molar-refractivity contribution is 0.934. The summed E-state index contributed by atoms with van der Waals surface area (Å²) >= 11 is 0. The topological polar surface area (TPSA) is 17.8 Å². The number of rotatable bonds is 2. The molecule has 2 aromatic heterocycles. The van der Waals surface area contributed by atoms with E-state index in [0.29, 0.717) is 0 Å². The molecule has 0 atom stereocenters. The Labute approximate surface area is 83.2 Å². The van der Waals surface area contributed by atoms with Crippen molar-refractivity contribution < 1.29 is 0 Å². The average Bonchev–Trinajstić information content (AvgIpc) is 2.51. The Hall–Kier alpha value is -1.83. The summed E-state index contributed by atoms with van der Waals surface area (Å²) < 4.78 is 2.03. The Kier molecular flexibility index (Phi) is 1.97. The molecule has 0 aliphatic heterocycles. The van der Waals surface area contributed by atoms with Gasteiger partial charge in [-0.05, 0) is 18.2 Å². The number of hydrogen-bond acceptors (Lipinski definition) is 1. The highest BCUT2D eigenvalue weighted by Gasteiger charge is 2.09. The van der Waals surface area contributed by atoms with E-state index in [-0.39, 0.29) is 0 Å². The molecule has 0 aliphatic rings. The van der Waals surface area contributed by atoms with Gasteiger partial charge in [0.1, 0.15) is 5.65 Å². The van der Waals surface area contributed by atoms with Crippen LogP contribution in [0.4, 0.5) is 0 Å². The molecular formula is C12H12N2. The third-order valence-electron chi connectivity index (χ3n) is 2.43. The number of hydrogen-bond donors (Lipinski definition) is 0. The lowest BCUT2D eigenvalue weighted by Gasteiger charge is -1.97. The Balaban J connectivity index is 2.98. The highest BCUT2D eigenvalue weighted by atomic mass is 15.0. The fraction of sp³-hybridized carbons (Fsp3) is 0.0833. The highest BCUT2D eigenvalue weighted by molar-refractivity contribution is 5.91. The Morgan fingerprint density at radius 2 is 2.14 bits per heavy atom. The van der Waals surface area contributed by atoms with Crippen molar-refractivity contribution in [1.29, 1.82) is 0 Å². The van der Waals surface area contributed by atoms with Gasteiger partial charge in [0.2, 0.25) is 0 Å². The van der Waals surface area contributed by atoms with Crippen molar-refractivity contribution in [2.45, 2.75) is 0 Å². The summed E-state index contributed by atoms with van der Waals surface area (Å²) in [6.45, 7) is 7.61. The Morgan fingerprint density at radius 3 is 2.79 bits per heavy atom. The van der Waals surface area contributed by atoms with E-state index < -0.39 is 0 Å². The van der Waals surface area contributed by atoms with E-state index in [4.69, 9.17) is 0 Å². The van der Waals surface area contributed by atoms with Crippen LogP contribution in [0.3, 0.4) is 0 Å². The van der Waals surface area contributed by atoms with E-state index in [1.165, 1.54) is 0 Å². The van der Waals surface area contributed by atoms with Gasteiger partial charge in [-0.2, -0.15) is 0 Å². The van der Waals surface area contributed by atoms with Crippen molar-refractivity contribution in [2.75, 3.05) is 0 Å². The van der Waals surface area contributed by atoms with Crippen LogP contribution in [-0.4, -0.2) is 9.55 Å². The first-order valence-electron chi connectivity index (χ1n) is 4.48. The molecule has 0 spiro atoms. The maximum atomic E-state index is 4.33. The van der Waals surface area contributed by atoms with Crippen molar-refractivity contribution in [3.63, 3.8) is 0 Å². The molecule has 0 amide bonds. The van der Waals surface area contributed by atoms with Gasteiger partial charge in [0.15, 0.2) is 0 Å². The van der Waals surface area contributed by atoms with Gasteiger partial charge in [-0.15, -0.1) is 0 Å². The molecule has 0 saturated heterocycles. The van der Waals surface area contributed by atoms with Gasteiger partial charge < -0.3 is 4.57 Å². The molecule has 14 heavy (non-hydrogen) atoms. The number of nitrogens with zero attached hydrogens (tertiary/aromatic N) is 2. The second kappa shape index (κ2) is 3.14. The maximum Gasteiger partial charge on any atom is 0.140 e. The molecule has 0 unspecified atom stereocenters. The molecule has 2 nitrogen and oxygen atoms in total. The second-order valence-corrected chi connectivity index (χ2v) is 3.14. The zero-order chi connectivity index (χ0) is 10.1. The summed E-state index contributed by atoms with van der Waals surface area (Å²) in [6.07, 6.45) is 5.47. The van der Waals surface area contributed by atoms with E-state index in [1.807, 2.05) is 35.9 Å². The fourth-order valence-electron chi connectivity index (χ4n) is 1.77. The quantitative estimate of drug-likeness (QED) is 0.701. The van der Waals surface area contributed by atoms with Gasteiger partial charge in [0.05, 0.1) is 0 Å². The zero-order valence-corrected chi connectivity index (χ0v) is 8.20. The SMILES string of the molecule is C=Cc1c(C=C)n(C)c2ncccc12. The predicted octanol–water partition coefficient (Wildman–Crippen LogP) is 2.86. The minimum atomic E-state index is 0.970. The standard InChI is InChI=1S/C12H12N2/c1-4-9-10-7-6-8-13-12(10)14(3)11(9)5-2/h4-8H,1-2H2,3H3. The zero-order valence-electron chi connectivity index (χ0n) is 8.20. The van der Waals surface area contributed by atoms with E-state index in [2.05, 4.69) is 18.1 Å². The van der Waals surface area contributed by atoms with Crippen LogP contribution in [0.15, 0.2) is 31.5 Å². The lowest BCUT2D eigenvalue weighted by atomic mass is 10.1. The van der Waals surface area contributed by atoms with Crippen molar-refractivity contribution >= 4 is 23.2 Å². The smallest absolute Gasteiger partial charge is 0.140 e. The van der Waals surface area contributed by atoms with E-state index >= 15 is 0 Å². The highest BCUT2D eigenvalue weighted by Crippen LogP contribution is 2.25. The number of aromatic nitrogens is 2. The predicted molar refractivity (Wildman–Crippen MR) is 60.9 cm³/mol. The Morgan fingerprint density at radius 1 is 1.36 bits per heavy atom. The third kappa shape index (κ3) is 1.01. The van der Waals surface area contributed by atoms with Gasteiger partial charge in [-0.3, -0.25) is 0 Å². The molecule has 0 fully saturated rings. The van der Waals surface area contributed by atoms with Crippen LogP contribution in [0, 0.1) is 0 Å². The summed E-state index contributed by atoms with van der Waals surface area (Å²) in [5.41, 5.74) is 3.14. The fourth-order valence-corrected chi connectivity index (χ4v) is 1.77. The second-order valence-electron chi connectivity index (χ2n) is 3.14. The lowest BCUT2D eigenvalue weighted by Crippen LogP contribution is -1.91. The maximum absolute atomic E-state index is 4.33. The van der Waals surface area contributed by atoms with Crippen LogP contribution in [0.2, 0.25) is 0 Å². The molecule has 0 radical (unpaired) electrons.